The van der Waals surface area contributed by atoms with Gasteiger partial charge in [-0.05, 0) is 42.2 Å². The van der Waals surface area contributed by atoms with Crippen molar-refractivity contribution in [1.82, 2.24) is 0 Å². The van der Waals surface area contributed by atoms with Crippen LogP contribution < -0.4 is 10.5 Å². The minimum atomic E-state index is -0.302. The van der Waals surface area contributed by atoms with Crippen molar-refractivity contribution in [2.45, 2.75) is 25.3 Å². The summed E-state index contributed by atoms with van der Waals surface area (Å²) in [5.41, 5.74) is 8.88. The lowest BCUT2D eigenvalue weighted by molar-refractivity contribution is 0.255. The molecule has 0 spiro atoms. The van der Waals surface area contributed by atoms with Crippen LogP contribution in [0.2, 0.25) is 5.02 Å². The van der Waals surface area contributed by atoms with Gasteiger partial charge in [-0.1, -0.05) is 35.9 Å². The fourth-order valence-corrected chi connectivity index (χ4v) is 3.17. The molecule has 1 heterocycles. The predicted molar refractivity (Wildman–Crippen MR) is 82.4 cm³/mol. The lowest BCUT2D eigenvalue weighted by Crippen LogP contribution is -2.25. The van der Waals surface area contributed by atoms with Crippen molar-refractivity contribution in [3.8, 4) is 5.75 Å². The fraction of sp³-hybridized carbons (Fsp3) is 0.294. The molecule has 0 bridgehead atoms. The number of hydrogen-bond donors (Lipinski definition) is 1. The maximum absolute atomic E-state index is 13.6. The Labute approximate surface area is 128 Å². The Kier molecular flexibility index (Phi) is 3.87. The Morgan fingerprint density at radius 3 is 2.90 bits per heavy atom. The van der Waals surface area contributed by atoms with Gasteiger partial charge < -0.3 is 10.5 Å². The number of halogens is 2. The average molecular weight is 306 g/mol. The SMILES string of the molecule is Cc1cc(C(N)C2CCOc3ccccc32)c(Cl)cc1F. The van der Waals surface area contributed by atoms with Gasteiger partial charge in [-0.3, -0.25) is 0 Å². The van der Waals surface area contributed by atoms with E-state index < -0.39 is 0 Å². The van der Waals surface area contributed by atoms with Crippen LogP contribution >= 0.6 is 11.6 Å². The van der Waals surface area contributed by atoms with Crippen molar-refractivity contribution >= 4 is 11.6 Å². The molecule has 0 aliphatic carbocycles. The van der Waals surface area contributed by atoms with Gasteiger partial charge in [0.25, 0.3) is 0 Å². The second-order valence-corrected chi connectivity index (χ2v) is 5.84. The summed E-state index contributed by atoms with van der Waals surface area (Å²) in [6.07, 6.45) is 0.824. The number of benzene rings is 2. The van der Waals surface area contributed by atoms with E-state index in [1.54, 1.807) is 13.0 Å². The Morgan fingerprint density at radius 1 is 1.33 bits per heavy atom. The normalized spacial score (nSPS) is 18.8. The number of nitrogens with two attached hydrogens (primary N) is 1. The summed E-state index contributed by atoms with van der Waals surface area (Å²) >= 11 is 6.19. The van der Waals surface area contributed by atoms with Crippen LogP contribution in [0.15, 0.2) is 36.4 Å². The van der Waals surface area contributed by atoms with Gasteiger partial charge in [0.05, 0.1) is 6.61 Å². The van der Waals surface area contributed by atoms with Crippen LogP contribution in [0.4, 0.5) is 4.39 Å². The van der Waals surface area contributed by atoms with Gasteiger partial charge in [-0.15, -0.1) is 0 Å². The quantitative estimate of drug-likeness (QED) is 0.895. The molecule has 4 heteroatoms. The fourth-order valence-electron chi connectivity index (χ4n) is 2.89. The van der Waals surface area contributed by atoms with E-state index in [2.05, 4.69) is 0 Å². The molecule has 0 fully saturated rings. The largest absolute Gasteiger partial charge is 0.493 e. The molecular weight excluding hydrogens is 289 g/mol. The highest BCUT2D eigenvalue weighted by Crippen LogP contribution is 2.42. The van der Waals surface area contributed by atoms with Gasteiger partial charge in [-0.2, -0.15) is 0 Å². The summed E-state index contributed by atoms with van der Waals surface area (Å²) in [7, 11) is 0. The highest BCUT2D eigenvalue weighted by molar-refractivity contribution is 6.31. The van der Waals surface area contributed by atoms with E-state index in [9.17, 15) is 4.39 Å². The van der Waals surface area contributed by atoms with Crippen LogP contribution in [0.3, 0.4) is 0 Å². The van der Waals surface area contributed by atoms with Gasteiger partial charge in [-0.25, -0.2) is 4.39 Å². The summed E-state index contributed by atoms with van der Waals surface area (Å²) < 4.78 is 19.2. The third kappa shape index (κ3) is 2.63. The van der Waals surface area contributed by atoms with Crippen LogP contribution in [0, 0.1) is 12.7 Å². The molecule has 2 atom stereocenters. The molecule has 0 saturated carbocycles. The molecule has 1 aliphatic heterocycles. The molecule has 0 radical (unpaired) electrons. The minimum Gasteiger partial charge on any atom is -0.493 e. The van der Waals surface area contributed by atoms with E-state index in [0.29, 0.717) is 17.2 Å². The zero-order chi connectivity index (χ0) is 15.0. The predicted octanol–water partition coefficient (Wildman–Crippen LogP) is 4.35. The molecule has 3 rings (SSSR count). The highest BCUT2D eigenvalue weighted by Gasteiger charge is 2.29. The number of aryl methyl sites for hydroxylation is 1. The lowest BCUT2D eigenvalue weighted by atomic mass is 9.83. The van der Waals surface area contributed by atoms with Crippen molar-refractivity contribution < 1.29 is 9.13 Å². The highest BCUT2D eigenvalue weighted by atomic mass is 35.5. The van der Waals surface area contributed by atoms with Crippen LogP contribution in [0.1, 0.15) is 35.1 Å². The molecule has 1 aliphatic rings. The van der Waals surface area contributed by atoms with Gasteiger partial charge in [0.1, 0.15) is 11.6 Å². The average Bonchev–Trinajstić information content (AvgIpc) is 2.49. The molecule has 21 heavy (non-hydrogen) atoms. The van der Waals surface area contributed by atoms with Crippen LogP contribution in [-0.2, 0) is 0 Å². The van der Waals surface area contributed by atoms with Crippen molar-refractivity contribution in [3.05, 3.63) is 63.9 Å². The summed E-state index contributed by atoms with van der Waals surface area (Å²) in [5, 5.41) is 0.384. The van der Waals surface area contributed by atoms with E-state index in [1.807, 2.05) is 24.3 Å². The Balaban J connectivity index is 2.00. The zero-order valence-electron chi connectivity index (χ0n) is 11.8. The second-order valence-electron chi connectivity index (χ2n) is 5.43. The maximum atomic E-state index is 13.6. The first-order chi connectivity index (χ1) is 10.1. The molecular formula is C17H17ClFNO. The molecule has 110 valence electrons. The number of fused-ring (bicyclic) bond motifs is 1. The molecule has 2 unspecified atom stereocenters. The van der Waals surface area contributed by atoms with Crippen molar-refractivity contribution in [1.29, 1.82) is 0 Å². The Bertz CT molecular complexity index is 674. The molecule has 0 aromatic heterocycles. The van der Waals surface area contributed by atoms with Gasteiger partial charge in [0.2, 0.25) is 0 Å². The number of ether oxygens (including phenoxy) is 1. The summed E-state index contributed by atoms with van der Waals surface area (Å²) in [6.45, 7) is 2.35. The van der Waals surface area contributed by atoms with Gasteiger partial charge in [0.15, 0.2) is 0 Å². The second kappa shape index (κ2) is 5.66. The summed E-state index contributed by atoms with van der Waals surface area (Å²) in [6, 6.07) is 10.7. The Morgan fingerprint density at radius 2 is 2.10 bits per heavy atom. The monoisotopic (exact) mass is 305 g/mol. The van der Waals surface area contributed by atoms with E-state index in [0.717, 1.165) is 23.3 Å². The molecule has 2 N–H and O–H groups in total. The van der Waals surface area contributed by atoms with Crippen molar-refractivity contribution in [2.75, 3.05) is 6.61 Å². The topological polar surface area (TPSA) is 35.2 Å². The number of hydrogen-bond acceptors (Lipinski definition) is 2. The van der Waals surface area contributed by atoms with E-state index in [1.165, 1.54) is 6.07 Å². The first-order valence-corrected chi connectivity index (χ1v) is 7.38. The van der Waals surface area contributed by atoms with Crippen molar-refractivity contribution in [2.24, 2.45) is 5.73 Å². The third-order valence-electron chi connectivity index (χ3n) is 4.08. The smallest absolute Gasteiger partial charge is 0.127 e. The van der Waals surface area contributed by atoms with E-state index >= 15 is 0 Å². The first kappa shape index (κ1) is 14.4. The minimum absolute atomic E-state index is 0.123. The standard InChI is InChI=1S/C17H17ClFNO/c1-10-8-13(14(18)9-15(10)19)17(20)12-6-7-21-16-5-3-2-4-11(12)16/h2-5,8-9,12,17H,6-7,20H2,1H3. The molecule has 0 saturated heterocycles. The lowest BCUT2D eigenvalue weighted by Gasteiger charge is -2.31. The first-order valence-electron chi connectivity index (χ1n) is 7.01. The molecule has 2 aromatic rings. The molecule has 0 amide bonds. The zero-order valence-corrected chi connectivity index (χ0v) is 12.5. The number of para-hydroxylation sites is 1. The summed E-state index contributed by atoms with van der Waals surface area (Å²) in [5.74, 6) is 0.694. The summed E-state index contributed by atoms with van der Waals surface area (Å²) in [4.78, 5) is 0. The van der Waals surface area contributed by atoms with Gasteiger partial charge >= 0.3 is 0 Å². The number of rotatable bonds is 2. The van der Waals surface area contributed by atoms with E-state index in [-0.39, 0.29) is 17.8 Å². The van der Waals surface area contributed by atoms with Gasteiger partial charge in [0, 0.05) is 17.0 Å². The van der Waals surface area contributed by atoms with Crippen LogP contribution in [0.25, 0.3) is 0 Å². The third-order valence-corrected chi connectivity index (χ3v) is 4.40. The molecule has 2 nitrogen and oxygen atoms in total. The van der Waals surface area contributed by atoms with Crippen LogP contribution in [-0.4, -0.2) is 6.61 Å². The van der Waals surface area contributed by atoms with E-state index in [4.69, 9.17) is 22.1 Å². The molecule has 2 aromatic carbocycles. The maximum Gasteiger partial charge on any atom is 0.127 e. The van der Waals surface area contributed by atoms with Crippen LogP contribution in [0.5, 0.6) is 5.75 Å². The Hall–Kier alpha value is -1.58. The van der Waals surface area contributed by atoms with Crippen molar-refractivity contribution in [3.63, 3.8) is 0 Å².